The number of carbonyl (C=O) groups is 1. The smallest absolute Gasteiger partial charge is 0.261 e. The summed E-state index contributed by atoms with van der Waals surface area (Å²) in [6.45, 7) is 9.95. The zero-order valence-electron chi connectivity index (χ0n) is 15.2. The fraction of sp³-hybridized carbons (Fsp3) is 0.381. The zero-order valence-corrected chi connectivity index (χ0v) is 15.2. The average Bonchev–Trinajstić information content (AvgIpc) is 2.58. The Morgan fingerprint density at radius 1 is 1.08 bits per heavy atom. The third kappa shape index (κ3) is 4.38. The van der Waals surface area contributed by atoms with Crippen molar-refractivity contribution in [3.05, 3.63) is 64.7 Å². The fourth-order valence-corrected chi connectivity index (χ4v) is 2.55. The van der Waals surface area contributed by atoms with Gasteiger partial charge >= 0.3 is 0 Å². The number of benzene rings is 2. The lowest BCUT2D eigenvalue weighted by atomic mass is 10.0. The SMILES string of the molecule is CCc1ccc([C@H](C)NC(=O)[C@H](C)Oc2cccc(C)c2C)cc1. The van der Waals surface area contributed by atoms with Gasteiger partial charge in [0.25, 0.3) is 5.91 Å². The van der Waals surface area contributed by atoms with Crippen molar-refractivity contribution >= 4 is 5.91 Å². The Kier molecular flexibility index (Phi) is 6.02. The van der Waals surface area contributed by atoms with Crippen LogP contribution in [0.2, 0.25) is 0 Å². The molecule has 0 heterocycles. The lowest BCUT2D eigenvalue weighted by Crippen LogP contribution is -2.37. The van der Waals surface area contributed by atoms with Crippen LogP contribution in [0.15, 0.2) is 42.5 Å². The molecule has 0 saturated carbocycles. The van der Waals surface area contributed by atoms with Gasteiger partial charge in [-0.3, -0.25) is 4.79 Å². The first-order chi connectivity index (χ1) is 11.4. The van der Waals surface area contributed by atoms with E-state index in [1.807, 2.05) is 39.0 Å². The first-order valence-electron chi connectivity index (χ1n) is 8.54. The average molecular weight is 325 g/mol. The van der Waals surface area contributed by atoms with Gasteiger partial charge < -0.3 is 10.1 Å². The van der Waals surface area contributed by atoms with Crippen molar-refractivity contribution in [2.45, 2.75) is 53.2 Å². The Hall–Kier alpha value is -2.29. The largest absolute Gasteiger partial charge is 0.481 e. The molecular formula is C21H27NO2. The molecule has 24 heavy (non-hydrogen) atoms. The van der Waals surface area contributed by atoms with E-state index in [-0.39, 0.29) is 11.9 Å². The minimum Gasteiger partial charge on any atom is -0.481 e. The van der Waals surface area contributed by atoms with Gasteiger partial charge in [0.15, 0.2) is 6.10 Å². The Bertz CT molecular complexity index is 691. The van der Waals surface area contributed by atoms with Crippen LogP contribution in [0.4, 0.5) is 0 Å². The second-order valence-electron chi connectivity index (χ2n) is 6.28. The summed E-state index contributed by atoms with van der Waals surface area (Å²) in [5, 5.41) is 3.02. The van der Waals surface area contributed by atoms with Crippen LogP contribution in [0, 0.1) is 13.8 Å². The highest BCUT2D eigenvalue weighted by Crippen LogP contribution is 2.22. The van der Waals surface area contributed by atoms with Crippen LogP contribution >= 0.6 is 0 Å². The Morgan fingerprint density at radius 2 is 1.75 bits per heavy atom. The van der Waals surface area contributed by atoms with Crippen LogP contribution in [-0.2, 0) is 11.2 Å². The van der Waals surface area contributed by atoms with Crippen molar-refractivity contribution in [1.82, 2.24) is 5.32 Å². The van der Waals surface area contributed by atoms with Crippen LogP contribution in [0.1, 0.15) is 49.1 Å². The summed E-state index contributed by atoms with van der Waals surface area (Å²) >= 11 is 0. The lowest BCUT2D eigenvalue weighted by Gasteiger charge is -2.20. The van der Waals surface area contributed by atoms with Crippen molar-refractivity contribution in [2.24, 2.45) is 0 Å². The maximum absolute atomic E-state index is 12.4. The summed E-state index contributed by atoms with van der Waals surface area (Å²) < 4.78 is 5.85. The van der Waals surface area contributed by atoms with Crippen molar-refractivity contribution < 1.29 is 9.53 Å². The molecule has 0 fully saturated rings. The zero-order chi connectivity index (χ0) is 17.7. The second-order valence-corrected chi connectivity index (χ2v) is 6.28. The first kappa shape index (κ1) is 18.1. The number of aryl methyl sites for hydroxylation is 2. The quantitative estimate of drug-likeness (QED) is 0.848. The topological polar surface area (TPSA) is 38.3 Å². The molecule has 0 aliphatic rings. The van der Waals surface area contributed by atoms with Crippen molar-refractivity contribution in [3.8, 4) is 5.75 Å². The molecule has 0 radical (unpaired) electrons. The predicted molar refractivity (Wildman–Crippen MR) is 98.4 cm³/mol. The summed E-state index contributed by atoms with van der Waals surface area (Å²) in [4.78, 5) is 12.4. The summed E-state index contributed by atoms with van der Waals surface area (Å²) in [5.41, 5.74) is 4.62. The van der Waals surface area contributed by atoms with Gasteiger partial charge in [0.1, 0.15) is 5.75 Å². The van der Waals surface area contributed by atoms with Crippen LogP contribution in [0.3, 0.4) is 0 Å². The van der Waals surface area contributed by atoms with Gasteiger partial charge in [0.2, 0.25) is 0 Å². The van der Waals surface area contributed by atoms with Crippen LogP contribution in [-0.4, -0.2) is 12.0 Å². The van der Waals surface area contributed by atoms with E-state index >= 15 is 0 Å². The molecule has 3 heteroatoms. The molecule has 1 amide bonds. The van der Waals surface area contributed by atoms with E-state index in [9.17, 15) is 4.79 Å². The molecular weight excluding hydrogens is 298 g/mol. The van der Waals surface area contributed by atoms with E-state index < -0.39 is 6.10 Å². The number of rotatable bonds is 6. The number of nitrogens with one attached hydrogen (secondary N) is 1. The Morgan fingerprint density at radius 3 is 2.38 bits per heavy atom. The van der Waals surface area contributed by atoms with Gasteiger partial charge in [-0.15, -0.1) is 0 Å². The van der Waals surface area contributed by atoms with Crippen LogP contribution in [0.25, 0.3) is 0 Å². The highest BCUT2D eigenvalue weighted by atomic mass is 16.5. The van der Waals surface area contributed by atoms with Gasteiger partial charge in [-0.25, -0.2) is 0 Å². The normalized spacial score (nSPS) is 13.2. The molecule has 2 aromatic carbocycles. The van der Waals surface area contributed by atoms with Gasteiger partial charge in [-0.2, -0.15) is 0 Å². The van der Waals surface area contributed by atoms with Crippen molar-refractivity contribution in [1.29, 1.82) is 0 Å². The van der Waals surface area contributed by atoms with Gasteiger partial charge in [0, 0.05) is 0 Å². The van der Waals surface area contributed by atoms with Crippen molar-refractivity contribution in [3.63, 3.8) is 0 Å². The molecule has 0 bridgehead atoms. The third-order valence-electron chi connectivity index (χ3n) is 4.47. The standard InChI is InChI=1S/C21H27NO2/c1-6-18-10-12-19(13-11-18)16(4)22-21(23)17(5)24-20-9-7-8-14(2)15(20)3/h7-13,16-17H,6H2,1-5H3,(H,22,23)/t16-,17-/m0/s1. The molecule has 2 aromatic rings. The molecule has 0 spiro atoms. The first-order valence-corrected chi connectivity index (χ1v) is 8.54. The minimum absolute atomic E-state index is 0.0481. The highest BCUT2D eigenvalue weighted by Gasteiger charge is 2.18. The molecule has 1 N–H and O–H groups in total. The molecule has 2 atom stereocenters. The third-order valence-corrected chi connectivity index (χ3v) is 4.47. The molecule has 3 nitrogen and oxygen atoms in total. The van der Waals surface area contributed by atoms with E-state index in [2.05, 4.69) is 36.5 Å². The molecule has 2 rings (SSSR count). The molecule has 0 aliphatic carbocycles. The number of hydrogen-bond acceptors (Lipinski definition) is 2. The number of hydrogen-bond donors (Lipinski definition) is 1. The molecule has 0 unspecified atom stereocenters. The number of carbonyl (C=O) groups excluding carboxylic acids is 1. The molecule has 0 aromatic heterocycles. The number of ether oxygens (including phenoxy) is 1. The van der Waals surface area contributed by atoms with E-state index in [4.69, 9.17) is 4.74 Å². The molecule has 0 saturated heterocycles. The Balaban J connectivity index is 1.98. The van der Waals surface area contributed by atoms with Crippen molar-refractivity contribution in [2.75, 3.05) is 0 Å². The predicted octanol–water partition coefficient (Wildman–Crippen LogP) is 4.51. The van der Waals surface area contributed by atoms with E-state index in [0.29, 0.717) is 0 Å². The van der Waals surface area contributed by atoms with Gasteiger partial charge in [-0.1, -0.05) is 43.3 Å². The van der Waals surface area contributed by atoms with E-state index in [0.717, 1.165) is 28.9 Å². The summed E-state index contributed by atoms with van der Waals surface area (Å²) in [5.74, 6) is 0.653. The summed E-state index contributed by atoms with van der Waals surface area (Å²) in [6.07, 6.45) is 0.477. The minimum atomic E-state index is -0.539. The fourth-order valence-electron chi connectivity index (χ4n) is 2.55. The summed E-state index contributed by atoms with van der Waals surface area (Å²) in [6, 6.07) is 14.2. The second kappa shape index (κ2) is 8.00. The molecule has 128 valence electrons. The van der Waals surface area contributed by atoms with Crippen LogP contribution < -0.4 is 10.1 Å². The van der Waals surface area contributed by atoms with E-state index in [1.165, 1.54) is 5.56 Å². The maximum Gasteiger partial charge on any atom is 0.261 e. The van der Waals surface area contributed by atoms with E-state index in [1.54, 1.807) is 6.92 Å². The Labute approximate surface area is 145 Å². The van der Waals surface area contributed by atoms with Gasteiger partial charge in [-0.05, 0) is 62.4 Å². The van der Waals surface area contributed by atoms with Gasteiger partial charge in [0.05, 0.1) is 6.04 Å². The maximum atomic E-state index is 12.4. The highest BCUT2D eigenvalue weighted by molar-refractivity contribution is 5.81. The molecule has 0 aliphatic heterocycles. The van der Waals surface area contributed by atoms with Crippen LogP contribution in [0.5, 0.6) is 5.75 Å². The lowest BCUT2D eigenvalue weighted by molar-refractivity contribution is -0.127. The summed E-state index contributed by atoms with van der Waals surface area (Å²) in [7, 11) is 0. The monoisotopic (exact) mass is 325 g/mol. The number of amides is 1.